The van der Waals surface area contributed by atoms with E-state index >= 15 is 0 Å². The smallest absolute Gasteiger partial charge is 0.127 e. The van der Waals surface area contributed by atoms with E-state index in [-0.39, 0.29) is 0 Å². The second kappa shape index (κ2) is 8.42. The van der Waals surface area contributed by atoms with Gasteiger partial charge in [0.1, 0.15) is 11.6 Å². The summed E-state index contributed by atoms with van der Waals surface area (Å²) in [4.78, 5) is 7.16. The Balaban J connectivity index is 1.36. The SMILES string of the molecule is CCC1CNNC1C1CCN(Cc2nccn2-c2ccc(OC)cc2)CC1. The van der Waals surface area contributed by atoms with Gasteiger partial charge in [0.15, 0.2) is 0 Å². The van der Waals surface area contributed by atoms with Crippen molar-refractivity contribution in [2.45, 2.75) is 38.8 Å². The fourth-order valence-electron chi connectivity index (χ4n) is 4.55. The quantitative estimate of drug-likeness (QED) is 0.820. The van der Waals surface area contributed by atoms with Gasteiger partial charge in [-0.15, -0.1) is 0 Å². The predicted octanol–water partition coefficient (Wildman–Crippen LogP) is 2.60. The number of methoxy groups -OCH3 is 1. The maximum Gasteiger partial charge on any atom is 0.127 e. The lowest BCUT2D eigenvalue weighted by atomic mass is 9.82. The minimum Gasteiger partial charge on any atom is -0.497 e. The standard InChI is InChI=1S/C21H31N5O/c1-3-16-14-23-24-21(16)17-8-11-25(12-9-17)15-20-22-10-13-26(20)18-4-6-19(27-2)7-5-18/h4-7,10,13,16-17,21,23-24H,3,8-9,11-12,14-15H2,1-2H3. The Morgan fingerprint density at radius 2 is 1.96 bits per heavy atom. The van der Waals surface area contributed by atoms with Crippen LogP contribution >= 0.6 is 0 Å². The van der Waals surface area contributed by atoms with E-state index in [1.165, 1.54) is 19.3 Å². The Labute approximate surface area is 161 Å². The van der Waals surface area contributed by atoms with Gasteiger partial charge in [-0.2, -0.15) is 0 Å². The summed E-state index contributed by atoms with van der Waals surface area (Å²) < 4.78 is 7.45. The second-order valence-electron chi connectivity index (χ2n) is 7.74. The van der Waals surface area contributed by atoms with E-state index in [4.69, 9.17) is 4.74 Å². The molecule has 6 nitrogen and oxygen atoms in total. The summed E-state index contributed by atoms with van der Waals surface area (Å²) in [5.74, 6) is 3.53. The maximum absolute atomic E-state index is 5.26. The molecular weight excluding hydrogens is 338 g/mol. The minimum absolute atomic E-state index is 0.637. The van der Waals surface area contributed by atoms with Crippen LogP contribution in [-0.4, -0.2) is 47.2 Å². The van der Waals surface area contributed by atoms with Crippen LogP contribution in [0, 0.1) is 11.8 Å². The van der Waals surface area contributed by atoms with Crippen LogP contribution in [0.1, 0.15) is 32.0 Å². The highest BCUT2D eigenvalue weighted by Gasteiger charge is 2.34. The third-order valence-electron chi connectivity index (χ3n) is 6.24. The van der Waals surface area contributed by atoms with E-state index in [2.05, 4.69) is 44.4 Å². The van der Waals surface area contributed by atoms with Gasteiger partial charge in [0.05, 0.1) is 13.7 Å². The third kappa shape index (κ3) is 4.03. The number of nitrogens with one attached hydrogen (secondary N) is 2. The number of nitrogens with zero attached hydrogens (tertiary/aromatic N) is 3. The van der Waals surface area contributed by atoms with Crippen molar-refractivity contribution in [3.63, 3.8) is 0 Å². The van der Waals surface area contributed by atoms with E-state index in [9.17, 15) is 0 Å². The number of benzene rings is 1. The first-order valence-corrected chi connectivity index (χ1v) is 10.2. The molecule has 0 amide bonds. The fourth-order valence-corrected chi connectivity index (χ4v) is 4.55. The van der Waals surface area contributed by atoms with Crippen LogP contribution in [0.2, 0.25) is 0 Å². The van der Waals surface area contributed by atoms with Crippen molar-refractivity contribution in [3.8, 4) is 11.4 Å². The van der Waals surface area contributed by atoms with Gasteiger partial charge < -0.3 is 9.30 Å². The number of likely N-dealkylation sites (tertiary alicyclic amines) is 1. The zero-order valence-electron chi connectivity index (χ0n) is 16.4. The van der Waals surface area contributed by atoms with Crippen LogP contribution in [0.15, 0.2) is 36.7 Å². The first-order chi connectivity index (χ1) is 13.3. The van der Waals surface area contributed by atoms with Crippen LogP contribution in [0.3, 0.4) is 0 Å². The molecule has 2 saturated heterocycles. The van der Waals surface area contributed by atoms with Crippen molar-refractivity contribution >= 4 is 0 Å². The minimum atomic E-state index is 0.637. The summed E-state index contributed by atoms with van der Waals surface area (Å²) in [6.07, 6.45) is 7.72. The van der Waals surface area contributed by atoms with Crippen LogP contribution in [0.4, 0.5) is 0 Å². The van der Waals surface area contributed by atoms with Crippen LogP contribution < -0.4 is 15.6 Å². The first-order valence-electron chi connectivity index (χ1n) is 10.2. The van der Waals surface area contributed by atoms with E-state index in [0.29, 0.717) is 6.04 Å². The molecular formula is C21H31N5O. The molecule has 146 valence electrons. The lowest BCUT2D eigenvalue weighted by molar-refractivity contribution is 0.140. The summed E-state index contributed by atoms with van der Waals surface area (Å²) in [7, 11) is 1.70. The average Bonchev–Trinajstić information content (AvgIpc) is 3.38. The van der Waals surface area contributed by atoms with Crippen LogP contribution in [0.5, 0.6) is 5.75 Å². The van der Waals surface area contributed by atoms with Gasteiger partial charge in [-0.05, 0) is 62.0 Å². The number of rotatable bonds is 6. The molecule has 0 radical (unpaired) electrons. The van der Waals surface area contributed by atoms with Crippen molar-refractivity contribution < 1.29 is 4.74 Å². The van der Waals surface area contributed by atoms with Gasteiger partial charge in [0.2, 0.25) is 0 Å². The molecule has 3 heterocycles. The molecule has 2 aromatic rings. The first kappa shape index (κ1) is 18.5. The van der Waals surface area contributed by atoms with Crippen molar-refractivity contribution in [2.75, 3.05) is 26.7 Å². The number of ether oxygens (including phenoxy) is 1. The number of hydrogen-bond acceptors (Lipinski definition) is 5. The predicted molar refractivity (Wildman–Crippen MR) is 107 cm³/mol. The number of hydrazine groups is 1. The van der Waals surface area contributed by atoms with Crippen molar-refractivity contribution in [1.29, 1.82) is 0 Å². The lowest BCUT2D eigenvalue weighted by Crippen LogP contribution is -2.44. The van der Waals surface area contributed by atoms with E-state index in [0.717, 1.165) is 55.3 Å². The number of hydrogen-bond donors (Lipinski definition) is 2. The van der Waals surface area contributed by atoms with Gasteiger partial charge in [0.25, 0.3) is 0 Å². The molecule has 2 aliphatic heterocycles. The van der Waals surface area contributed by atoms with Gasteiger partial charge in [-0.1, -0.05) is 13.3 Å². The van der Waals surface area contributed by atoms with E-state index in [1.54, 1.807) is 7.11 Å². The largest absolute Gasteiger partial charge is 0.497 e. The molecule has 2 N–H and O–H groups in total. The van der Waals surface area contributed by atoms with Crippen LogP contribution in [-0.2, 0) is 6.54 Å². The molecule has 0 aliphatic carbocycles. The average molecular weight is 370 g/mol. The molecule has 0 spiro atoms. The molecule has 0 saturated carbocycles. The number of imidazole rings is 1. The maximum atomic E-state index is 5.26. The Hall–Kier alpha value is -1.89. The van der Waals surface area contributed by atoms with Crippen molar-refractivity contribution in [2.24, 2.45) is 11.8 Å². The molecule has 2 fully saturated rings. The van der Waals surface area contributed by atoms with Crippen LogP contribution in [0.25, 0.3) is 5.69 Å². The summed E-state index contributed by atoms with van der Waals surface area (Å²) in [6.45, 7) is 6.62. The Morgan fingerprint density at radius 1 is 1.19 bits per heavy atom. The highest BCUT2D eigenvalue weighted by molar-refractivity contribution is 5.38. The monoisotopic (exact) mass is 369 g/mol. The molecule has 2 atom stereocenters. The van der Waals surface area contributed by atoms with Crippen molar-refractivity contribution in [3.05, 3.63) is 42.5 Å². The molecule has 1 aromatic carbocycles. The third-order valence-corrected chi connectivity index (χ3v) is 6.24. The second-order valence-corrected chi connectivity index (χ2v) is 7.74. The Bertz CT molecular complexity index is 720. The molecule has 27 heavy (non-hydrogen) atoms. The molecule has 6 heteroatoms. The Morgan fingerprint density at radius 3 is 2.67 bits per heavy atom. The van der Waals surface area contributed by atoms with Crippen molar-refractivity contribution in [1.82, 2.24) is 25.3 Å². The van der Waals surface area contributed by atoms with Gasteiger partial charge >= 0.3 is 0 Å². The van der Waals surface area contributed by atoms with Gasteiger partial charge in [-0.25, -0.2) is 4.98 Å². The molecule has 0 bridgehead atoms. The zero-order valence-corrected chi connectivity index (χ0v) is 16.4. The Kier molecular flexibility index (Phi) is 5.76. The highest BCUT2D eigenvalue weighted by Crippen LogP contribution is 2.28. The van der Waals surface area contributed by atoms with E-state index < -0.39 is 0 Å². The summed E-state index contributed by atoms with van der Waals surface area (Å²) >= 11 is 0. The highest BCUT2D eigenvalue weighted by atomic mass is 16.5. The summed E-state index contributed by atoms with van der Waals surface area (Å²) in [5.41, 5.74) is 8.03. The molecule has 1 aromatic heterocycles. The molecule has 4 rings (SSSR count). The summed E-state index contributed by atoms with van der Waals surface area (Å²) in [6, 6.07) is 8.80. The van der Waals surface area contributed by atoms with Gasteiger partial charge in [0, 0.05) is 30.7 Å². The normalized spacial score (nSPS) is 24.4. The zero-order chi connectivity index (χ0) is 18.6. The van der Waals surface area contributed by atoms with E-state index in [1.807, 2.05) is 24.5 Å². The lowest BCUT2D eigenvalue weighted by Gasteiger charge is -2.36. The number of piperidine rings is 1. The summed E-state index contributed by atoms with van der Waals surface area (Å²) in [5, 5.41) is 0. The molecule has 2 unspecified atom stereocenters. The number of aromatic nitrogens is 2. The molecule has 2 aliphatic rings. The van der Waals surface area contributed by atoms with Gasteiger partial charge in [-0.3, -0.25) is 15.8 Å². The topological polar surface area (TPSA) is 54.3 Å². The fraction of sp³-hybridized carbons (Fsp3) is 0.571.